The van der Waals surface area contributed by atoms with E-state index in [0.717, 1.165) is 61.1 Å². The van der Waals surface area contributed by atoms with Crippen molar-refractivity contribution in [2.24, 2.45) is 5.41 Å². The van der Waals surface area contributed by atoms with Gasteiger partial charge in [0, 0.05) is 48.5 Å². The molecule has 10 rings (SSSR count). The van der Waals surface area contributed by atoms with E-state index in [4.69, 9.17) is 15.9 Å². The summed E-state index contributed by atoms with van der Waals surface area (Å²) < 4.78 is 41.9. The SMILES string of the molecule is C#C/C=C\C=C(/C)C[C@H]1COc2nc(S(=O)(=O)NC(=O)c3ccc(N4CCC5(CC4)CC(N4CCC[C@@H]4c4ccccc4C4CC4)C5)cc3Oc3cnc4[nH]ccc4c3)cc([N+](=O)[O-])c2N1. The molecule has 16 heteroatoms. The fourth-order valence-electron chi connectivity index (χ4n) is 10.5. The standard InChI is InChI=1S/C50H52N8O7S/c1-3-4-5-9-32(2)24-35-31-64-49-46(53-35)43(58(60)61)27-45(54-49)66(62,63)55-48(59)41-16-15-36(26-44(41)65-38-25-34-17-20-51-47(34)52-30-38)56-22-18-50(19-23-56)28-37(29-50)57-21-8-12-42(57)40-11-7-6-10-39(40)33-13-14-33/h1,4-7,9-11,15-17,20,25-27,30,33,35,37,42,53H,8,12-14,18-19,21-24,28-29,31H2,2H3,(H,51,52)(H,55,59)/b5-4-,32-9+/t35-,42+/m0/s1. The van der Waals surface area contributed by atoms with Crippen LogP contribution in [-0.2, 0) is 10.0 Å². The number of nitro groups is 1. The number of allylic oxidation sites excluding steroid dienone is 3. The number of rotatable bonds is 13. The molecule has 2 aliphatic carbocycles. The number of nitrogens with one attached hydrogen (secondary N) is 3. The van der Waals surface area contributed by atoms with Crippen molar-refractivity contribution in [1.29, 1.82) is 0 Å². The second-order valence-electron chi connectivity index (χ2n) is 18.5. The number of likely N-dealkylation sites (tertiary alicyclic amines) is 1. The van der Waals surface area contributed by atoms with Gasteiger partial charge in [-0.15, -0.1) is 6.42 Å². The van der Waals surface area contributed by atoms with E-state index in [2.05, 4.69) is 65.0 Å². The molecule has 0 bridgehead atoms. The molecule has 1 amide bonds. The van der Waals surface area contributed by atoms with Crippen molar-refractivity contribution < 1.29 is 27.6 Å². The van der Waals surface area contributed by atoms with Gasteiger partial charge >= 0.3 is 5.69 Å². The first-order valence-corrected chi connectivity index (χ1v) is 24.2. The molecular weight excluding hydrogens is 857 g/mol. The first-order valence-electron chi connectivity index (χ1n) is 22.7. The lowest BCUT2D eigenvalue weighted by molar-refractivity contribution is -0.384. The highest BCUT2D eigenvalue weighted by atomic mass is 32.2. The number of piperidine rings is 1. The summed E-state index contributed by atoms with van der Waals surface area (Å²) in [5, 5.41) is 15.4. The summed E-state index contributed by atoms with van der Waals surface area (Å²) in [7, 11) is -4.77. The zero-order chi connectivity index (χ0) is 45.6. The summed E-state index contributed by atoms with van der Waals surface area (Å²) in [5.41, 5.74) is 5.16. The van der Waals surface area contributed by atoms with Gasteiger partial charge in [0.25, 0.3) is 15.9 Å². The number of anilines is 2. The summed E-state index contributed by atoms with van der Waals surface area (Å²) in [5.74, 6) is 2.34. The van der Waals surface area contributed by atoms with Crippen molar-refractivity contribution in [3.05, 3.63) is 124 Å². The molecule has 2 saturated carbocycles. The van der Waals surface area contributed by atoms with Crippen LogP contribution in [0.4, 0.5) is 17.1 Å². The fraction of sp³-hybridized carbons (Fsp3) is 0.380. The Balaban J connectivity index is 0.851. The summed E-state index contributed by atoms with van der Waals surface area (Å²) in [6.07, 6.45) is 23.7. The molecule has 2 atom stereocenters. The lowest BCUT2D eigenvalue weighted by Crippen LogP contribution is -2.54. The van der Waals surface area contributed by atoms with Crippen LogP contribution in [0.5, 0.6) is 17.4 Å². The maximum absolute atomic E-state index is 14.1. The monoisotopic (exact) mass is 908 g/mol. The minimum absolute atomic E-state index is 0.0564. The Morgan fingerprint density at radius 1 is 1.09 bits per heavy atom. The lowest BCUT2D eigenvalue weighted by atomic mass is 9.59. The molecule has 0 radical (unpaired) electrons. The van der Waals surface area contributed by atoms with Crippen LogP contribution in [-0.4, -0.2) is 77.4 Å². The number of hydrogen-bond acceptors (Lipinski definition) is 12. The van der Waals surface area contributed by atoms with Crippen LogP contribution < -0.4 is 24.4 Å². The van der Waals surface area contributed by atoms with Gasteiger partial charge in [-0.05, 0) is 124 Å². The average molecular weight is 909 g/mol. The van der Waals surface area contributed by atoms with Gasteiger partial charge in [0.2, 0.25) is 5.88 Å². The second kappa shape index (κ2) is 17.6. The predicted molar refractivity (Wildman–Crippen MR) is 251 cm³/mol. The Kier molecular flexibility index (Phi) is 11.5. The molecule has 6 heterocycles. The molecule has 1 spiro atoms. The number of carbonyl (C=O) groups excluding carboxylic acids is 1. The number of ether oxygens (including phenoxy) is 2. The maximum Gasteiger partial charge on any atom is 0.300 e. The minimum Gasteiger partial charge on any atom is -0.474 e. The number of sulfonamides is 1. The third-order valence-electron chi connectivity index (χ3n) is 14.0. The second-order valence-corrected chi connectivity index (χ2v) is 20.1. The van der Waals surface area contributed by atoms with Gasteiger partial charge in [-0.25, -0.2) is 9.71 Å². The summed E-state index contributed by atoms with van der Waals surface area (Å²) in [4.78, 5) is 42.3. The van der Waals surface area contributed by atoms with Crippen molar-refractivity contribution in [2.75, 3.05) is 36.5 Å². The number of aromatic nitrogens is 3. The van der Waals surface area contributed by atoms with Gasteiger partial charge in [-0.3, -0.25) is 19.8 Å². The molecule has 3 aliphatic heterocycles. The van der Waals surface area contributed by atoms with Crippen LogP contribution in [0.25, 0.3) is 11.0 Å². The number of amides is 1. The molecule has 4 fully saturated rings. The molecule has 15 nitrogen and oxygen atoms in total. The average Bonchev–Trinajstić information content (AvgIpc) is 3.84. The molecule has 2 saturated heterocycles. The molecule has 66 heavy (non-hydrogen) atoms. The van der Waals surface area contributed by atoms with Gasteiger partial charge < -0.3 is 24.7 Å². The lowest BCUT2D eigenvalue weighted by Gasteiger charge is -2.56. The van der Waals surface area contributed by atoms with Gasteiger partial charge in [0.15, 0.2) is 10.7 Å². The Labute approximate surface area is 383 Å². The highest BCUT2D eigenvalue weighted by molar-refractivity contribution is 7.90. The molecule has 5 aromatic rings. The van der Waals surface area contributed by atoms with Crippen LogP contribution >= 0.6 is 0 Å². The van der Waals surface area contributed by atoms with E-state index in [0.29, 0.717) is 35.3 Å². The normalized spacial score (nSPS) is 20.9. The number of nitrogens with zero attached hydrogens (tertiary/aromatic N) is 5. The zero-order valence-electron chi connectivity index (χ0n) is 36.7. The van der Waals surface area contributed by atoms with Crippen LogP contribution in [0.1, 0.15) is 98.2 Å². The molecule has 2 aromatic carbocycles. The van der Waals surface area contributed by atoms with Gasteiger partial charge in [0.1, 0.15) is 23.8 Å². The maximum atomic E-state index is 14.1. The molecule has 5 aliphatic rings. The van der Waals surface area contributed by atoms with E-state index in [-0.39, 0.29) is 35.5 Å². The fourth-order valence-corrected chi connectivity index (χ4v) is 11.5. The topological polar surface area (TPSA) is 185 Å². The predicted octanol–water partition coefficient (Wildman–Crippen LogP) is 8.94. The van der Waals surface area contributed by atoms with E-state index >= 15 is 0 Å². The highest BCUT2D eigenvalue weighted by Crippen LogP contribution is 2.55. The summed E-state index contributed by atoms with van der Waals surface area (Å²) in [6.45, 7) is 4.76. The van der Waals surface area contributed by atoms with Crippen molar-refractivity contribution in [2.45, 2.75) is 93.8 Å². The first-order chi connectivity index (χ1) is 32.0. The number of hydrogen-bond donors (Lipinski definition) is 3. The Hall–Kier alpha value is -6.70. The van der Waals surface area contributed by atoms with E-state index in [1.807, 2.05) is 19.1 Å². The Bertz CT molecular complexity index is 2920. The molecule has 3 aromatic heterocycles. The van der Waals surface area contributed by atoms with E-state index in [1.54, 1.807) is 53.7 Å². The van der Waals surface area contributed by atoms with Crippen molar-refractivity contribution in [3.63, 3.8) is 0 Å². The molecule has 0 unspecified atom stereocenters. The third-order valence-corrected chi connectivity index (χ3v) is 15.2. The number of terminal acetylenes is 1. The van der Waals surface area contributed by atoms with Crippen LogP contribution in [0.2, 0.25) is 0 Å². The summed E-state index contributed by atoms with van der Waals surface area (Å²) in [6, 6.07) is 19.4. The van der Waals surface area contributed by atoms with Gasteiger partial charge in [-0.2, -0.15) is 13.4 Å². The number of aromatic amines is 1. The van der Waals surface area contributed by atoms with Crippen LogP contribution in [0.15, 0.2) is 102 Å². The molecule has 3 N–H and O–H groups in total. The number of pyridine rings is 2. The van der Waals surface area contributed by atoms with Crippen molar-refractivity contribution >= 4 is 44.0 Å². The van der Waals surface area contributed by atoms with Crippen LogP contribution in [0.3, 0.4) is 0 Å². The quantitative estimate of drug-likeness (QED) is 0.0442. The molecular formula is C50H52N8O7S. The van der Waals surface area contributed by atoms with Gasteiger partial charge in [-0.1, -0.05) is 47.9 Å². The number of H-pyrrole nitrogens is 1. The molecule has 340 valence electrons. The Morgan fingerprint density at radius 2 is 1.89 bits per heavy atom. The van der Waals surface area contributed by atoms with E-state index < -0.39 is 31.6 Å². The summed E-state index contributed by atoms with van der Waals surface area (Å²) >= 11 is 0. The number of fused-ring (bicyclic) bond motifs is 2. The number of benzene rings is 2. The van der Waals surface area contributed by atoms with E-state index in [1.165, 1.54) is 44.7 Å². The highest BCUT2D eigenvalue weighted by Gasteiger charge is 2.50. The van der Waals surface area contributed by atoms with Crippen molar-refractivity contribution in [3.8, 4) is 29.7 Å². The Morgan fingerprint density at radius 3 is 2.67 bits per heavy atom. The van der Waals surface area contributed by atoms with Crippen LogP contribution in [0, 0.1) is 27.9 Å². The smallest absolute Gasteiger partial charge is 0.300 e. The first kappa shape index (κ1) is 43.2. The van der Waals surface area contributed by atoms with Gasteiger partial charge in [0.05, 0.1) is 28.8 Å². The van der Waals surface area contributed by atoms with Crippen molar-refractivity contribution in [1.82, 2.24) is 24.6 Å². The largest absolute Gasteiger partial charge is 0.474 e. The minimum atomic E-state index is -4.77. The third kappa shape index (κ3) is 8.72. The zero-order valence-corrected chi connectivity index (χ0v) is 37.6. The number of carbonyl (C=O) groups is 1. The van der Waals surface area contributed by atoms with E-state index in [9.17, 15) is 23.3 Å².